The molecule has 1 atom stereocenters. The van der Waals surface area contributed by atoms with E-state index in [1.54, 1.807) is 0 Å². The fourth-order valence-electron chi connectivity index (χ4n) is 3.44. The smallest absolute Gasteiger partial charge is 0.0581 e. The van der Waals surface area contributed by atoms with E-state index < -0.39 is 0 Å². The molecule has 3 rings (SSSR count). The highest BCUT2D eigenvalue weighted by atomic mass is 15.0. The van der Waals surface area contributed by atoms with Crippen molar-refractivity contribution in [2.45, 2.75) is 50.7 Å². The second kappa shape index (κ2) is 7.08. The van der Waals surface area contributed by atoms with Crippen LogP contribution in [0, 0.1) is 6.92 Å². The Morgan fingerprint density at radius 1 is 0.909 bits per heavy atom. The normalized spacial score (nSPS) is 23.2. The molecule has 0 saturated heterocycles. The number of nitrogens with two attached hydrogens (primary N) is 1. The lowest BCUT2D eigenvalue weighted by atomic mass is 9.89. The monoisotopic (exact) mass is 294 g/mol. The zero-order chi connectivity index (χ0) is 15.4. The van der Waals surface area contributed by atoms with Crippen LogP contribution in [0.25, 0.3) is 0 Å². The number of hydrogen-bond donors (Lipinski definition) is 2. The molecule has 1 saturated carbocycles. The van der Waals surface area contributed by atoms with Gasteiger partial charge in [0.15, 0.2) is 0 Å². The Kier molecular flexibility index (Phi) is 4.91. The van der Waals surface area contributed by atoms with Gasteiger partial charge in [-0.05, 0) is 49.3 Å². The minimum absolute atomic E-state index is 0.265. The van der Waals surface area contributed by atoms with Crippen LogP contribution >= 0.6 is 0 Å². The summed E-state index contributed by atoms with van der Waals surface area (Å²) in [6.07, 6.45) is 4.62. The Morgan fingerprint density at radius 3 is 2.23 bits per heavy atom. The fourth-order valence-corrected chi connectivity index (χ4v) is 3.44. The van der Waals surface area contributed by atoms with Crippen molar-refractivity contribution >= 4 is 0 Å². The number of hydrogen-bond acceptors (Lipinski definition) is 2. The van der Waals surface area contributed by atoms with Crippen molar-refractivity contribution in [2.24, 2.45) is 5.73 Å². The van der Waals surface area contributed by atoms with Gasteiger partial charge in [0.2, 0.25) is 0 Å². The van der Waals surface area contributed by atoms with Crippen LogP contribution in [0.3, 0.4) is 0 Å². The Morgan fingerprint density at radius 2 is 1.55 bits per heavy atom. The first-order valence-corrected chi connectivity index (χ1v) is 8.36. The molecule has 1 aliphatic carbocycles. The van der Waals surface area contributed by atoms with Crippen molar-refractivity contribution in [3.05, 3.63) is 71.3 Å². The van der Waals surface area contributed by atoms with Crippen molar-refractivity contribution in [1.82, 2.24) is 5.32 Å². The molecule has 2 nitrogen and oxygen atoms in total. The van der Waals surface area contributed by atoms with Crippen molar-refractivity contribution in [1.29, 1.82) is 0 Å². The zero-order valence-corrected chi connectivity index (χ0v) is 13.3. The maximum atomic E-state index is 6.05. The highest BCUT2D eigenvalue weighted by molar-refractivity contribution is 5.36. The predicted molar refractivity (Wildman–Crippen MR) is 92.8 cm³/mol. The van der Waals surface area contributed by atoms with E-state index in [0.717, 1.165) is 12.8 Å². The molecule has 3 N–H and O–H groups in total. The summed E-state index contributed by atoms with van der Waals surface area (Å²) < 4.78 is 0. The zero-order valence-electron chi connectivity index (χ0n) is 13.3. The second-order valence-corrected chi connectivity index (χ2v) is 6.48. The van der Waals surface area contributed by atoms with Gasteiger partial charge in [-0.3, -0.25) is 0 Å². The van der Waals surface area contributed by atoms with Crippen molar-refractivity contribution in [3.8, 4) is 0 Å². The van der Waals surface area contributed by atoms with Crippen molar-refractivity contribution in [3.63, 3.8) is 0 Å². The summed E-state index contributed by atoms with van der Waals surface area (Å²) in [4.78, 5) is 0. The molecule has 22 heavy (non-hydrogen) atoms. The van der Waals surface area contributed by atoms with Crippen LogP contribution in [0.2, 0.25) is 0 Å². The van der Waals surface area contributed by atoms with Crippen LogP contribution in [0.15, 0.2) is 54.6 Å². The van der Waals surface area contributed by atoms with E-state index in [1.165, 1.54) is 29.5 Å². The number of rotatable bonds is 4. The molecule has 0 amide bonds. The van der Waals surface area contributed by atoms with Gasteiger partial charge in [-0.15, -0.1) is 0 Å². The number of aryl methyl sites for hydroxylation is 1. The highest BCUT2D eigenvalue weighted by Gasteiger charge is 2.23. The van der Waals surface area contributed by atoms with Gasteiger partial charge in [0.1, 0.15) is 0 Å². The highest BCUT2D eigenvalue weighted by Crippen LogP contribution is 2.28. The summed E-state index contributed by atoms with van der Waals surface area (Å²) in [5.41, 5.74) is 10.1. The molecule has 1 unspecified atom stereocenters. The average Bonchev–Trinajstić information content (AvgIpc) is 2.56. The Labute approximate surface area is 133 Å². The molecule has 0 bridgehead atoms. The molecular formula is C20H26N2. The first kappa shape index (κ1) is 15.3. The van der Waals surface area contributed by atoms with E-state index in [2.05, 4.69) is 66.8 Å². The Hall–Kier alpha value is -1.64. The van der Waals surface area contributed by atoms with Crippen LogP contribution in [-0.4, -0.2) is 12.1 Å². The maximum Gasteiger partial charge on any atom is 0.0581 e. The van der Waals surface area contributed by atoms with E-state index in [0.29, 0.717) is 12.1 Å². The third-order valence-electron chi connectivity index (χ3n) is 4.81. The summed E-state index contributed by atoms with van der Waals surface area (Å²) in [7, 11) is 0. The molecule has 2 aromatic rings. The van der Waals surface area contributed by atoms with Crippen LogP contribution < -0.4 is 11.1 Å². The lowest BCUT2D eigenvalue weighted by molar-refractivity contribution is 0.328. The molecule has 0 aliphatic heterocycles. The summed E-state index contributed by atoms with van der Waals surface area (Å²) in [6.45, 7) is 2.20. The molecule has 1 fully saturated rings. The van der Waals surface area contributed by atoms with Gasteiger partial charge in [-0.25, -0.2) is 0 Å². The predicted octanol–water partition coefficient (Wildman–Crippen LogP) is 3.94. The average molecular weight is 294 g/mol. The second-order valence-electron chi connectivity index (χ2n) is 6.48. The minimum Gasteiger partial charge on any atom is -0.328 e. The first-order chi connectivity index (χ1) is 10.7. The van der Waals surface area contributed by atoms with Gasteiger partial charge < -0.3 is 11.1 Å². The van der Waals surface area contributed by atoms with Gasteiger partial charge in [0, 0.05) is 12.1 Å². The van der Waals surface area contributed by atoms with Crippen LogP contribution in [0.4, 0.5) is 0 Å². The van der Waals surface area contributed by atoms with Crippen LogP contribution in [0.1, 0.15) is 48.4 Å². The Bertz CT molecular complexity index is 586. The van der Waals surface area contributed by atoms with E-state index in [1.807, 2.05) is 0 Å². The summed E-state index contributed by atoms with van der Waals surface area (Å²) in [5.74, 6) is 0. The molecule has 1 aliphatic rings. The molecule has 0 aromatic heterocycles. The molecule has 0 radical (unpaired) electrons. The van der Waals surface area contributed by atoms with E-state index >= 15 is 0 Å². The summed E-state index contributed by atoms with van der Waals surface area (Å²) in [6, 6.07) is 20.7. The van der Waals surface area contributed by atoms with Gasteiger partial charge in [0.25, 0.3) is 0 Å². The summed E-state index contributed by atoms with van der Waals surface area (Å²) >= 11 is 0. The van der Waals surface area contributed by atoms with E-state index in [9.17, 15) is 0 Å². The van der Waals surface area contributed by atoms with Gasteiger partial charge in [0.05, 0.1) is 6.04 Å². The Balaban J connectivity index is 1.85. The molecular weight excluding hydrogens is 268 g/mol. The standard InChI is InChI=1S/C20H26N2/c1-15-7-5-6-10-19(15)20(16-8-3-2-4-9-16)22-18-13-11-17(21)12-14-18/h2-10,17-18,20,22H,11-14,21H2,1H3. The molecule has 2 aromatic carbocycles. The third-order valence-corrected chi connectivity index (χ3v) is 4.81. The van der Waals surface area contributed by atoms with Gasteiger partial charge >= 0.3 is 0 Å². The summed E-state index contributed by atoms with van der Waals surface area (Å²) in [5, 5.41) is 3.89. The minimum atomic E-state index is 0.265. The third kappa shape index (κ3) is 3.57. The van der Waals surface area contributed by atoms with Crippen LogP contribution in [0.5, 0.6) is 0 Å². The van der Waals surface area contributed by atoms with E-state index in [4.69, 9.17) is 5.73 Å². The number of nitrogens with one attached hydrogen (secondary N) is 1. The van der Waals surface area contributed by atoms with E-state index in [-0.39, 0.29) is 6.04 Å². The largest absolute Gasteiger partial charge is 0.328 e. The van der Waals surface area contributed by atoms with Gasteiger partial charge in [-0.2, -0.15) is 0 Å². The quantitative estimate of drug-likeness (QED) is 0.896. The lowest BCUT2D eigenvalue weighted by Gasteiger charge is -2.32. The maximum absolute atomic E-state index is 6.05. The van der Waals surface area contributed by atoms with Crippen molar-refractivity contribution in [2.75, 3.05) is 0 Å². The molecule has 2 heteroatoms. The number of benzene rings is 2. The molecule has 0 heterocycles. The molecule has 0 spiro atoms. The SMILES string of the molecule is Cc1ccccc1C(NC1CCC(N)CC1)c1ccccc1. The van der Waals surface area contributed by atoms with Crippen molar-refractivity contribution < 1.29 is 0 Å². The lowest BCUT2D eigenvalue weighted by Crippen LogP contribution is -2.39. The van der Waals surface area contributed by atoms with Gasteiger partial charge in [-0.1, -0.05) is 54.6 Å². The first-order valence-electron chi connectivity index (χ1n) is 8.36. The van der Waals surface area contributed by atoms with Crippen LogP contribution in [-0.2, 0) is 0 Å². The molecule has 116 valence electrons. The topological polar surface area (TPSA) is 38.0 Å². The fraction of sp³-hybridized carbons (Fsp3) is 0.400.